The van der Waals surface area contributed by atoms with Crippen LogP contribution in [0.3, 0.4) is 0 Å². The van der Waals surface area contributed by atoms with E-state index in [4.69, 9.17) is 17.2 Å². The molecular formula is C15H16N4S. The van der Waals surface area contributed by atoms with Gasteiger partial charge in [0.1, 0.15) is 0 Å². The molecule has 0 atom stereocenters. The first-order valence-corrected chi connectivity index (χ1v) is 7.02. The van der Waals surface area contributed by atoms with Crippen LogP contribution in [0.15, 0.2) is 24.3 Å². The number of fused-ring (bicyclic) bond motifs is 1. The van der Waals surface area contributed by atoms with Crippen LogP contribution in [-0.4, -0.2) is 20.2 Å². The minimum Gasteiger partial charge on any atom is -0.282 e. The van der Waals surface area contributed by atoms with Crippen LogP contribution in [0.4, 0.5) is 0 Å². The Balaban J connectivity index is 2.38. The summed E-state index contributed by atoms with van der Waals surface area (Å²) in [6.07, 6.45) is 0. The molecule has 0 aliphatic heterocycles. The summed E-state index contributed by atoms with van der Waals surface area (Å²) in [5.74, 6) is 1.19. The lowest BCUT2D eigenvalue weighted by atomic mass is 9.97. The lowest BCUT2D eigenvalue weighted by Gasteiger charge is -2.12. The van der Waals surface area contributed by atoms with Gasteiger partial charge in [-0.25, -0.2) is 0 Å². The molecule has 0 radical (unpaired) electrons. The number of hydrogen-bond donors (Lipinski definition) is 2. The van der Waals surface area contributed by atoms with E-state index >= 15 is 0 Å². The number of benzene rings is 1. The predicted octanol–water partition coefficient (Wildman–Crippen LogP) is 4.11. The summed E-state index contributed by atoms with van der Waals surface area (Å²) in [6.45, 7) is 6.36. The third kappa shape index (κ3) is 2.14. The zero-order valence-corrected chi connectivity index (χ0v) is 12.5. The molecule has 0 bridgehead atoms. The molecule has 0 saturated heterocycles. The van der Waals surface area contributed by atoms with Gasteiger partial charge in [-0.15, -0.1) is 0 Å². The Labute approximate surface area is 122 Å². The highest BCUT2D eigenvalue weighted by atomic mass is 32.1. The maximum Gasteiger partial charge on any atom is 0.213 e. The van der Waals surface area contributed by atoms with E-state index in [0.717, 1.165) is 28.0 Å². The van der Waals surface area contributed by atoms with Crippen molar-refractivity contribution in [2.75, 3.05) is 0 Å². The van der Waals surface area contributed by atoms with Gasteiger partial charge in [-0.1, -0.05) is 32.0 Å². The Kier molecular flexibility index (Phi) is 3.14. The van der Waals surface area contributed by atoms with Crippen molar-refractivity contribution >= 4 is 23.1 Å². The van der Waals surface area contributed by atoms with E-state index in [0.29, 0.717) is 10.7 Å². The van der Waals surface area contributed by atoms with Gasteiger partial charge < -0.3 is 0 Å². The van der Waals surface area contributed by atoms with Crippen LogP contribution in [-0.2, 0) is 0 Å². The minimum absolute atomic E-state index is 0.429. The quantitative estimate of drug-likeness (QED) is 0.696. The monoisotopic (exact) mass is 284 g/mol. The second-order valence-electron chi connectivity index (χ2n) is 5.22. The Hall–Kier alpha value is -2.01. The van der Waals surface area contributed by atoms with Crippen LogP contribution in [0.25, 0.3) is 22.3 Å². The van der Waals surface area contributed by atoms with Gasteiger partial charge in [0.05, 0.1) is 5.52 Å². The Morgan fingerprint density at radius 1 is 1.15 bits per heavy atom. The first kappa shape index (κ1) is 13.0. The van der Waals surface area contributed by atoms with Gasteiger partial charge in [-0.3, -0.25) is 15.2 Å². The van der Waals surface area contributed by atoms with Gasteiger partial charge in [0.25, 0.3) is 0 Å². The number of nitrogens with one attached hydrogen (secondary N) is 2. The van der Waals surface area contributed by atoms with Crippen LogP contribution in [0, 0.1) is 11.7 Å². The smallest absolute Gasteiger partial charge is 0.213 e. The summed E-state index contributed by atoms with van der Waals surface area (Å²) in [4.78, 5) is 9.03. The van der Waals surface area contributed by atoms with E-state index < -0.39 is 0 Å². The molecule has 1 aromatic carbocycles. The first-order valence-electron chi connectivity index (χ1n) is 6.61. The second kappa shape index (κ2) is 4.83. The SMILES string of the molecule is Cc1cc(-c2nc(=S)[nH][nH]2)c2cccc(C(C)C)c2n1. The van der Waals surface area contributed by atoms with Crippen molar-refractivity contribution in [3.63, 3.8) is 0 Å². The molecule has 20 heavy (non-hydrogen) atoms. The molecule has 3 aromatic rings. The molecule has 0 unspecified atom stereocenters. The van der Waals surface area contributed by atoms with Crippen molar-refractivity contribution in [2.45, 2.75) is 26.7 Å². The fourth-order valence-corrected chi connectivity index (χ4v) is 2.60. The number of aryl methyl sites for hydroxylation is 1. The Bertz CT molecular complexity index is 829. The van der Waals surface area contributed by atoms with Gasteiger partial charge in [0, 0.05) is 16.6 Å². The van der Waals surface area contributed by atoms with Gasteiger partial charge in [-0.05, 0) is 36.7 Å². The fraction of sp³-hybridized carbons (Fsp3) is 0.267. The molecule has 0 amide bonds. The highest BCUT2D eigenvalue weighted by Gasteiger charge is 2.13. The molecule has 5 heteroatoms. The molecule has 0 aliphatic carbocycles. The number of nitrogens with zero attached hydrogens (tertiary/aromatic N) is 2. The van der Waals surface area contributed by atoms with E-state index in [1.165, 1.54) is 5.56 Å². The molecular weight excluding hydrogens is 268 g/mol. The van der Waals surface area contributed by atoms with Gasteiger partial charge in [0.15, 0.2) is 5.82 Å². The number of hydrogen-bond acceptors (Lipinski definition) is 3. The van der Waals surface area contributed by atoms with Crippen molar-refractivity contribution in [1.29, 1.82) is 0 Å². The summed E-state index contributed by atoms with van der Waals surface area (Å²) >= 11 is 5.04. The number of H-pyrrole nitrogens is 2. The van der Waals surface area contributed by atoms with Crippen molar-refractivity contribution < 1.29 is 0 Å². The third-order valence-electron chi connectivity index (χ3n) is 3.38. The summed E-state index contributed by atoms with van der Waals surface area (Å²) in [5.41, 5.74) is 4.30. The molecule has 3 rings (SSSR count). The summed E-state index contributed by atoms with van der Waals surface area (Å²) in [5, 5.41) is 6.97. The molecule has 2 N–H and O–H groups in total. The third-order valence-corrected chi connectivity index (χ3v) is 3.57. The normalized spacial score (nSPS) is 11.4. The van der Waals surface area contributed by atoms with E-state index in [9.17, 15) is 0 Å². The van der Waals surface area contributed by atoms with E-state index in [2.05, 4.69) is 47.2 Å². The number of aromatic amines is 2. The van der Waals surface area contributed by atoms with Crippen LogP contribution in [0.2, 0.25) is 0 Å². The van der Waals surface area contributed by atoms with Crippen LogP contribution >= 0.6 is 12.2 Å². The Morgan fingerprint density at radius 3 is 2.60 bits per heavy atom. The average molecular weight is 284 g/mol. The zero-order chi connectivity index (χ0) is 14.3. The van der Waals surface area contributed by atoms with E-state index in [1.807, 2.05) is 13.0 Å². The molecule has 0 saturated carbocycles. The molecule has 0 fully saturated rings. The lowest BCUT2D eigenvalue weighted by Crippen LogP contribution is -1.96. The van der Waals surface area contributed by atoms with Gasteiger partial charge in [0.2, 0.25) is 4.77 Å². The molecule has 2 aromatic heterocycles. The highest BCUT2D eigenvalue weighted by Crippen LogP contribution is 2.30. The first-order chi connectivity index (χ1) is 9.56. The number of rotatable bonds is 2. The molecule has 0 aliphatic rings. The number of pyridine rings is 1. The molecule has 4 nitrogen and oxygen atoms in total. The predicted molar refractivity (Wildman–Crippen MR) is 83.3 cm³/mol. The summed E-state index contributed by atoms with van der Waals surface area (Å²) < 4.78 is 0.461. The number of aromatic nitrogens is 4. The Morgan fingerprint density at radius 2 is 1.95 bits per heavy atom. The van der Waals surface area contributed by atoms with E-state index in [-0.39, 0.29) is 0 Å². The maximum atomic E-state index is 5.04. The minimum atomic E-state index is 0.429. The van der Waals surface area contributed by atoms with Gasteiger partial charge >= 0.3 is 0 Å². The van der Waals surface area contributed by atoms with Crippen LogP contribution < -0.4 is 0 Å². The van der Waals surface area contributed by atoms with Crippen LogP contribution in [0.1, 0.15) is 31.0 Å². The van der Waals surface area contributed by atoms with Gasteiger partial charge in [-0.2, -0.15) is 4.98 Å². The fourth-order valence-electron chi connectivity index (χ4n) is 2.46. The standard InChI is InChI=1S/C15H16N4S/c1-8(2)10-5-4-6-11-12(7-9(3)16-13(10)11)14-17-15(20)19-18-14/h4-8H,1-3H3,(H2,17,18,19,20). The van der Waals surface area contributed by atoms with Crippen LogP contribution in [0.5, 0.6) is 0 Å². The highest BCUT2D eigenvalue weighted by molar-refractivity contribution is 7.71. The van der Waals surface area contributed by atoms with E-state index in [1.54, 1.807) is 0 Å². The average Bonchev–Trinajstić information content (AvgIpc) is 2.83. The molecule has 0 spiro atoms. The van der Waals surface area contributed by atoms with Crippen molar-refractivity contribution in [1.82, 2.24) is 20.2 Å². The molecule has 2 heterocycles. The summed E-state index contributed by atoms with van der Waals surface area (Å²) in [7, 11) is 0. The van der Waals surface area contributed by atoms with Crippen molar-refractivity contribution in [3.8, 4) is 11.4 Å². The van der Waals surface area contributed by atoms with Crippen molar-refractivity contribution in [3.05, 3.63) is 40.3 Å². The zero-order valence-electron chi connectivity index (χ0n) is 11.7. The van der Waals surface area contributed by atoms with Crippen molar-refractivity contribution in [2.24, 2.45) is 0 Å². The molecule has 102 valence electrons. The summed E-state index contributed by atoms with van der Waals surface area (Å²) in [6, 6.07) is 8.32. The maximum absolute atomic E-state index is 5.04. The topological polar surface area (TPSA) is 57.4 Å². The number of para-hydroxylation sites is 1. The largest absolute Gasteiger partial charge is 0.282 e. The second-order valence-corrected chi connectivity index (χ2v) is 5.61. The lowest BCUT2D eigenvalue weighted by molar-refractivity contribution is 0.872.